The highest BCUT2D eigenvalue weighted by Crippen LogP contribution is 2.24. The van der Waals surface area contributed by atoms with Gasteiger partial charge in [-0.2, -0.15) is 0 Å². The normalized spacial score (nSPS) is 16.6. The summed E-state index contributed by atoms with van der Waals surface area (Å²) in [7, 11) is 0. The van der Waals surface area contributed by atoms with Crippen molar-refractivity contribution in [1.82, 2.24) is 4.90 Å². The number of nitrogens with zero attached hydrogens (tertiary/aromatic N) is 1. The van der Waals surface area contributed by atoms with Crippen LogP contribution in [0.5, 0.6) is 0 Å². The molecule has 20 heavy (non-hydrogen) atoms. The van der Waals surface area contributed by atoms with Crippen LogP contribution in [0.15, 0.2) is 24.3 Å². The first-order valence-electron chi connectivity index (χ1n) is 7.03. The minimum absolute atomic E-state index is 0.107. The van der Waals surface area contributed by atoms with Crippen LogP contribution in [-0.4, -0.2) is 35.0 Å². The molecule has 2 rings (SSSR count). The zero-order valence-electron chi connectivity index (χ0n) is 12.0. The Bertz CT molecular complexity index is 506. The van der Waals surface area contributed by atoms with E-state index in [1.54, 1.807) is 11.8 Å². The van der Waals surface area contributed by atoms with E-state index in [9.17, 15) is 9.59 Å². The monoisotopic (exact) mass is 275 g/mol. The summed E-state index contributed by atoms with van der Waals surface area (Å²) in [5.74, 6) is -0.909. The second kappa shape index (κ2) is 6.07. The zero-order valence-corrected chi connectivity index (χ0v) is 12.0. The predicted molar refractivity (Wildman–Crippen MR) is 76.4 cm³/mol. The Kier molecular flexibility index (Phi) is 4.42. The van der Waals surface area contributed by atoms with Gasteiger partial charge in [0.2, 0.25) is 5.91 Å². The molecular formula is C16H21NO3. The van der Waals surface area contributed by atoms with Crippen molar-refractivity contribution in [3.63, 3.8) is 0 Å². The maximum Gasteiger partial charge on any atom is 0.306 e. The first-order chi connectivity index (χ1) is 9.47. The van der Waals surface area contributed by atoms with Crippen LogP contribution >= 0.6 is 0 Å². The van der Waals surface area contributed by atoms with Crippen LogP contribution in [0, 0.1) is 18.8 Å². The quantitative estimate of drug-likeness (QED) is 0.895. The minimum Gasteiger partial charge on any atom is -0.481 e. The van der Waals surface area contributed by atoms with Gasteiger partial charge in [-0.1, -0.05) is 36.8 Å². The summed E-state index contributed by atoms with van der Waals surface area (Å²) in [6.07, 6.45) is 1.24. The van der Waals surface area contributed by atoms with E-state index >= 15 is 0 Å². The number of aliphatic carboxylic acids is 1. The molecule has 1 heterocycles. The van der Waals surface area contributed by atoms with Crippen molar-refractivity contribution in [1.29, 1.82) is 0 Å². The molecule has 1 unspecified atom stereocenters. The fourth-order valence-electron chi connectivity index (χ4n) is 2.51. The fourth-order valence-corrected chi connectivity index (χ4v) is 2.51. The lowest BCUT2D eigenvalue weighted by Gasteiger charge is -2.41. The summed E-state index contributed by atoms with van der Waals surface area (Å²) in [5, 5.41) is 8.92. The molecule has 1 aliphatic rings. The molecule has 1 amide bonds. The van der Waals surface area contributed by atoms with Crippen molar-refractivity contribution in [3.8, 4) is 0 Å². The van der Waals surface area contributed by atoms with Gasteiger partial charge in [0.05, 0.1) is 5.92 Å². The summed E-state index contributed by atoms with van der Waals surface area (Å²) in [4.78, 5) is 24.6. The molecule has 0 spiro atoms. The lowest BCUT2D eigenvalue weighted by molar-refractivity contribution is -0.150. The molecule has 1 aromatic carbocycles. The Balaban J connectivity index is 1.76. The van der Waals surface area contributed by atoms with Crippen molar-refractivity contribution < 1.29 is 14.7 Å². The zero-order chi connectivity index (χ0) is 14.7. The van der Waals surface area contributed by atoms with E-state index in [-0.39, 0.29) is 17.7 Å². The molecule has 1 aliphatic heterocycles. The lowest BCUT2D eigenvalue weighted by Crippen LogP contribution is -2.53. The number of hydrogen-bond acceptors (Lipinski definition) is 2. The number of amides is 1. The van der Waals surface area contributed by atoms with Gasteiger partial charge >= 0.3 is 5.97 Å². The molecule has 1 fully saturated rings. The van der Waals surface area contributed by atoms with Crippen LogP contribution in [-0.2, 0) is 16.0 Å². The third kappa shape index (κ3) is 3.38. The Morgan fingerprint density at radius 3 is 2.70 bits per heavy atom. The number of likely N-dealkylation sites (tertiary alicyclic amines) is 1. The molecule has 108 valence electrons. The number of aryl methyl sites for hydroxylation is 2. The Morgan fingerprint density at radius 2 is 2.10 bits per heavy atom. The average molecular weight is 275 g/mol. The van der Waals surface area contributed by atoms with Gasteiger partial charge in [-0.15, -0.1) is 0 Å². The van der Waals surface area contributed by atoms with Crippen molar-refractivity contribution in [2.45, 2.75) is 26.7 Å². The molecule has 4 nitrogen and oxygen atoms in total. The lowest BCUT2D eigenvalue weighted by atomic mass is 9.87. The van der Waals surface area contributed by atoms with Crippen LogP contribution in [0.1, 0.15) is 24.5 Å². The number of carboxylic acid groups (broad SMARTS) is 1. The largest absolute Gasteiger partial charge is 0.481 e. The van der Waals surface area contributed by atoms with E-state index in [0.29, 0.717) is 19.5 Å². The highest BCUT2D eigenvalue weighted by Gasteiger charge is 2.36. The summed E-state index contributed by atoms with van der Waals surface area (Å²) < 4.78 is 0. The van der Waals surface area contributed by atoms with Crippen molar-refractivity contribution in [2.75, 3.05) is 13.1 Å². The maximum atomic E-state index is 12.0. The Morgan fingerprint density at radius 1 is 1.40 bits per heavy atom. The SMILES string of the molecule is Cc1cccc(CCC(=O)N2CC(C(C)C(=O)O)C2)c1. The highest BCUT2D eigenvalue weighted by atomic mass is 16.4. The fraction of sp³-hybridized carbons (Fsp3) is 0.500. The van der Waals surface area contributed by atoms with Crippen LogP contribution in [0.3, 0.4) is 0 Å². The third-order valence-corrected chi connectivity index (χ3v) is 4.07. The van der Waals surface area contributed by atoms with E-state index in [4.69, 9.17) is 5.11 Å². The van der Waals surface area contributed by atoms with Gasteiger partial charge in [0.1, 0.15) is 0 Å². The maximum absolute atomic E-state index is 12.0. The number of benzene rings is 1. The summed E-state index contributed by atoms with van der Waals surface area (Å²) in [5.41, 5.74) is 2.38. The van der Waals surface area contributed by atoms with E-state index < -0.39 is 5.97 Å². The molecule has 0 saturated carbocycles. The van der Waals surface area contributed by atoms with Crippen LogP contribution in [0.2, 0.25) is 0 Å². The molecule has 1 N–H and O–H groups in total. The number of hydrogen-bond donors (Lipinski definition) is 1. The predicted octanol–water partition coefficient (Wildman–Crippen LogP) is 2.11. The molecule has 1 atom stereocenters. The minimum atomic E-state index is -0.776. The highest BCUT2D eigenvalue weighted by molar-refractivity contribution is 5.78. The molecule has 1 aromatic rings. The topological polar surface area (TPSA) is 57.6 Å². The van der Waals surface area contributed by atoms with Gasteiger partial charge in [-0.05, 0) is 18.9 Å². The second-order valence-corrected chi connectivity index (χ2v) is 5.67. The van der Waals surface area contributed by atoms with Crippen LogP contribution < -0.4 is 0 Å². The van der Waals surface area contributed by atoms with E-state index in [2.05, 4.69) is 6.07 Å². The van der Waals surface area contributed by atoms with Crippen LogP contribution in [0.25, 0.3) is 0 Å². The second-order valence-electron chi connectivity index (χ2n) is 5.67. The molecular weight excluding hydrogens is 254 g/mol. The van der Waals surface area contributed by atoms with Gasteiger partial charge in [0, 0.05) is 25.4 Å². The standard InChI is InChI=1S/C16H21NO3/c1-11-4-3-5-13(8-11)6-7-15(18)17-9-14(10-17)12(2)16(19)20/h3-5,8,12,14H,6-7,9-10H2,1-2H3,(H,19,20). The van der Waals surface area contributed by atoms with Gasteiger partial charge in [-0.3, -0.25) is 9.59 Å². The summed E-state index contributed by atoms with van der Waals surface area (Å²) in [6.45, 7) is 4.92. The summed E-state index contributed by atoms with van der Waals surface area (Å²) >= 11 is 0. The van der Waals surface area contributed by atoms with Crippen LogP contribution in [0.4, 0.5) is 0 Å². The number of carboxylic acids is 1. The first-order valence-corrected chi connectivity index (χ1v) is 7.03. The molecule has 0 aromatic heterocycles. The van der Waals surface area contributed by atoms with E-state index in [1.807, 2.05) is 25.1 Å². The Labute approximate surface area is 119 Å². The molecule has 0 aliphatic carbocycles. The number of carbonyl (C=O) groups excluding carboxylic acids is 1. The first kappa shape index (κ1) is 14.6. The average Bonchev–Trinajstić information content (AvgIpc) is 2.34. The van der Waals surface area contributed by atoms with E-state index in [1.165, 1.54) is 11.1 Å². The third-order valence-electron chi connectivity index (χ3n) is 4.07. The number of rotatable bonds is 5. The number of carbonyl (C=O) groups is 2. The van der Waals surface area contributed by atoms with Crippen molar-refractivity contribution in [3.05, 3.63) is 35.4 Å². The summed E-state index contributed by atoms with van der Waals surface area (Å²) in [6, 6.07) is 8.17. The van der Waals surface area contributed by atoms with Gasteiger partial charge in [0.15, 0.2) is 0 Å². The Hall–Kier alpha value is -1.84. The molecule has 0 bridgehead atoms. The molecule has 1 saturated heterocycles. The smallest absolute Gasteiger partial charge is 0.306 e. The van der Waals surface area contributed by atoms with E-state index in [0.717, 1.165) is 6.42 Å². The van der Waals surface area contributed by atoms with Gasteiger partial charge < -0.3 is 10.0 Å². The van der Waals surface area contributed by atoms with Crippen molar-refractivity contribution in [2.24, 2.45) is 11.8 Å². The molecule has 4 heteroatoms. The molecule has 0 radical (unpaired) electrons. The van der Waals surface area contributed by atoms with Gasteiger partial charge in [-0.25, -0.2) is 0 Å². The van der Waals surface area contributed by atoms with Crippen molar-refractivity contribution >= 4 is 11.9 Å². The van der Waals surface area contributed by atoms with Gasteiger partial charge in [0.25, 0.3) is 0 Å².